The summed E-state index contributed by atoms with van der Waals surface area (Å²) >= 11 is 6.29. The minimum absolute atomic E-state index is 0.00632. The normalized spacial score (nSPS) is 18.9. The molecule has 2 aliphatic carbocycles. The van der Waals surface area contributed by atoms with Crippen LogP contribution in [-0.4, -0.2) is 24.3 Å². The van der Waals surface area contributed by atoms with Crippen molar-refractivity contribution >= 4 is 29.4 Å². The third kappa shape index (κ3) is 9.27. The number of urea groups is 1. The van der Waals surface area contributed by atoms with Crippen molar-refractivity contribution in [2.75, 3.05) is 6.54 Å². The summed E-state index contributed by atoms with van der Waals surface area (Å²) in [4.78, 5) is 24.5. The first kappa shape index (κ1) is 26.4. The third-order valence-corrected chi connectivity index (χ3v) is 5.46. The Morgan fingerprint density at radius 1 is 1.27 bits per heavy atom. The number of nitrogens with two attached hydrogens (primary N) is 1. The predicted octanol–water partition coefficient (Wildman–Crippen LogP) is 3.24. The highest BCUT2D eigenvalue weighted by molar-refractivity contribution is 6.34. The zero-order chi connectivity index (χ0) is 24.6. The summed E-state index contributed by atoms with van der Waals surface area (Å²) in [6, 6.07) is -0.553. The number of halogens is 2. The lowest BCUT2D eigenvalue weighted by Gasteiger charge is -2.22. The molecule has 8 heteroatoms. The van der Waals surface area contributed by atoms with Gasteiger partial charge in [-0.15, -0.1) is 0 Å². The Balaban J connectivity index is 1.91. The lowest BCUT2D eigenvalue weighted by Crippen LogP contribution is -2.54. The van der Waals surface area contributed by atoms with Gasteiger partial charge in [0.15, 0.2) is 5.83 Å². The molecule has 1 unspecified atom stereocenters. The van der Waals surface area contributed by atoms with Crippen LogP contribution in [0.15, 0.2) is 46.4 Å². The Hall–Kier alpha value is -2.85. The van der Waals surface area contributed by atoms with E-state index < -0.39 is 17.3 Å². The van der Waals surface area contributed by atoms with Crippen molar-refractivity contribution < 1.29 is 19.4 Å². The molecule has 0 spiro atoms. The number of hydrogen-bond acceptors (Lipinski definition) is 2. The van der Waals surface area contributed by atoms with Gasteiger partial charge in [-0.25, -0.2) is 4.79 Å². The molecule has 0 bridgehead atoms. The van der Waals surface area contributed by atoms with Gasteiger partial charge in [0.1, 0.15) is 0 Å². The number of hydrogen-bond donors (Lipinski definition) is 4. The third-order valence-electron chi connectivity index (χ3n) is 5.11. The minimum atomic E-state index is -0.553. The fourth-order valence-electron chi connectivity index (χ4n) is 2.85. The molecule has 0 aromatic rings. The van der Waals surface area contributed by atoms with Crippen LogP contribution in [0.5, 0.6) is 0 Å². The molecule has 1 saturated carbocycles. The number of amides is 3. The Labute approximate surface area is 200 Å². The first-order valence-corrected chi connectivity index (χ1v) is 11.5. The van der Waals surface area contributed by atoms with Gasteiger partial charge < -0.3 is 5.32 Å². The van der Waals surface area contributed by atoms with Crippen molar-refractivity contribution in [1.29, 1.82) is 0 Å². The fraction of sp³-hybridized carbons (Fsp3) is 0.480. The summed E-state index contributed by atoms with van der Waals surface area (Å²) in [5, 5.41) is 14.7. The van der Waals surface area contributed by atoms with E-state index in [1.54, 1.807) is 6.08 Å². The summed E-state index contributed by atoms with van der Waals surface area (Å²) in [6.45, 7) is 7.81. The van der Waals surface area contributed by atoms with E-state index in [0.717, 1.165) is 12.8 Å². The average molecular weight is 476 g/mol. The van der Waals surface area contributed by atoms with E-state index in [0.29, 0.717) is 41.6 Å². The topological polar surface area (TPSA) is 95.8 Å². The Bertz CT molecular complexity index is 973. The van der Waals surface area contributed by atoms with Crippen LogP contribution in [0.4, 0.5) is 9.18 Å². The van der Waals surface area contributed by atoms with Crippen LogP contribution in [0.3, 0.4) is 0 Å². The molecule has 33 heavy (non-hydrogen) atoms. The second-order valence-corrected chi connectivity index (χ2v) is 9.61. The minimum Gasteiger partial charge on any atom is -0.355 e. The summed E-state index contributed by atoms with van der Waals surface area (Å²) < 4.78 is 13.8. The van der Waals surface area contributed by atoms with Crippen molar-refractivity contribution in [3.63, 3.8) is 0 Å². The van der Waals surface area contributed by atoms with Gasteiger partial charge in [0.25, 0.3) is 5.84 Å². The van der Waals surface area contributed by atoms with E-state index >= 15 is 0 Å². The van der Waals surface area contributed by atoms with Crippen molar-refractivity contribution in [1.82, 2.24) is 16.0 Å². The molecule has 6 nitrogen and oxygen atoms in total. The number of carbonyl (C=O) groups is 2. The van der Waals surface area contributed by atoms with E-state index in [2.05, 4.69) is 27.8 Å². The van der Waals surface area contributed by atoms with E-state index in [1.807, 2.05) is 33.8 Å². The molecule has 0 heterocycles. The number of amidine groups is 1. The van der Waals surface area contributed by atoms with Crippen LogP contribution in [0.1, 0.15) is 53.4 Å². The van der Waals surface area contributed by atoms with E-state index in [4.69, 9.17) is 17.0 Å². The summed E-state index contributed by atoms with van der Waals surface area (Å²) in [5.41, 5.74) is 0.619. The van der Waals surface area contributed by atoms with Crippen molar-refractivity contribution in [2.24, 2.45) is 17.3 Å². The quantitative estimate of drug-likeness (QED) is 0.205. The van der Waals surface area contributed by atoms with Gasteiger partial charge in [-0.3, -0.25) is 15.5 Å². The summed E-state index contributed by atoms with van der Waals surface area (Å²) in [5.74, 6) is 5.16. The number of allylic oxidation sites excluding steroid dienone is 6. The maximum atomic E-state index is 13.8. The van der Waals surface area contributed by atoms with E-state index in [9.17, 15) is 14.0 Å². The van der Waals surface area contributed by atoms with Gasteiger partial charge in [-0.1, -0.05) is 51.3 Å². The highest BCUT2D eigenvalue weighted by atomic mass is 35.5. The summed E-state index contributed by atoms with van der Waals surface area (Å²) in [6.07, 6.45) is 9.35. The highest BCUT2D eigenvalue weighted by Crippen LogP contribution is 2.28. The number of carbonyl (C=O) groups excluding carboxylic acids is 2. The lowest BCUT2D eigenvalue weighted by atomic mass is 9.91. The second-order valence-electron chi connectivity index (χ2n) is 9.21. The van der Waals surface area contributed by atoms with Crippen LogP contribution in [-0.2, 0) is 4.79 Å². The van der Waals surface area contributed by atoms with Crippen molar-refractivity contribution in [3.8, 4) is 11.8 Å². The lowest BCUT2D eigenvalue weighted by molar-refractivity contribution is -0.128. The van der Waals surface area contributed by atoms with Crippen LogP contribution in [0.2, 0.25) is 0 Å². The Morgan fingerprint density at radius 2 is 1.97 bits per heavy atom. The van der Waals surface area contributed by atoms with Gasteiger partial charge in [-0.05, 0) is 55.7 Å². The van der Waals surface area contributed by atoms with Gasteiger partial charge >= 0.3 is 6.03 Å². The highest BCUT2D eigenvalue weighted by Gasteiger charge is 2.27. The molecule has 2 aliphatic rings. The molecule has 1 fully saturated rings. The smallest absolute Gasteiger partial charge is 0.355 e. The zero-order valence-electron chi connectivity index (χ0n) is 19.6. The van der Waals surface area contributed by atoms with Crippen molar-refractivity contribution in [3.05, 3.63) is 46.4 Å². The molecule has 1 atom stereocenters. The molecular weight excluding hydrogens is 443 g/mol. The molecule has 0 aromatic carbocycles. The zero-order valence-corrected chi connectivity index (χ0v) is 20.4. The molecule has 0 saturated heterocycles. The van der Waals surface area contributed by atoms with Gasteiger partial charge in [0.2, 0.25) is 5.91 Å². The molecule has 178 valence electrons. The van der Waals surface area contributed by atoms with E-state index in [-0.39, 0.29) is 17.7 Å². The van der Waals surface area contributed by atoms with Crippen molar-refractivity contribution in [2.45, 2.75) is 53.4 Å². The van der Waals surface area contributed by atoms with Crippen LogP contribution in [0.25, 0.3) is 0 Å². The largest absolute Gasteiger partial charge is 0.410 e. The van der Waals surface area contributed by atoms with Gasteiger partial charge in [0, 0.05) is 23.6 Å². The standard InChI is InChI=1S/C25H32ClFN4O2/c1-5-19(12-11-18(27)10-8-16-6-7-16)30-24(33)31-22(28)20-14-17(9-13-21(20)26)15-29-23(32)25(2,3)4/h9,11-13,16-17H,5-7,14-15H2,1-4H3,(H,29,32)(H3,28,30,31,33)/p+1/b18-11-,19-12+. The van der Waals surface area contributed by atoms with E-state index in [1.165, 1.54) is 12.2 Å². The van der Waals surface area contributed by atoms with Gasteiger partial charge in [0.05, 0.1) is 10.6 Å². The SMILES string of the molecule is CC/C(=C\C=C(/F)C#CC1CC1)NC(=O)NC(=[NH2+])C1=C(Cl)C=CC(CNC(=O)C(C)(C)C)C1. The Morgan fingerprint density at radius 3 is 2.58 bits per heavy atom. The molecule has 0 aliphatic heterocycles. The first-order chi connectivity index (χ1) is 15.5. The molecule has 3 amide bonds. The number of nitrogens with one attached hydrogen (secondary N) is 3. The molecular formula is C25H33ClFN4O2+. The monoisotopic (exact) mass is 475 g/mol. The maximum absolute atomic E-state index is 13.8. The van der Waals surface area contributed by atoms with Crippen LogP contribution < -0.4 is 21.4 Å². The first-order valence-electron chi connectivity index (χ1n) is 11.1. The van der Waals surface area contributed by atoms with Gasteiger partial charge in [-0.2, -0.15) is 9.71 Å². The van der Waals surface area contributed by atoms with Crippen LogP contribution >= 0.6 is 11.6 Å². The molecule has 0 aromatic heterocycles. The fourth-order valence-corrected chi connectivity index (χ4v) is 3.11. The predicted molar refractivity (Wildman–Crippen MR) is 129 cm³/mol. The molecule has 2 rings (SSSR count). The second kappa shape index (κ2) is 11.9. The molecule has 5 N–H and O–H groups in total. The average Bonchev–Trinajstić information content (AvgIpc) is 3.58. The van der Waals surface area contributed by atoms with Crippen LogP contribution in [0, 0.1) is 29.1 Å². The number of rotatable bonds is 6. The molecule has 0 radical (unpaired) electrons. The maximum Gasteiger partial charge on any atom is 0.410 e. The summed E-state index contributed by atoms with van der Waals surface area (Å²) in [7, 11) is 0. The Kier molecular flexibility index (Phi) is 9.48.